The molecule has 3 N–H and O–H groups in total. The molecule has 2 aromatic carbocycles. The van der Waals surface area contributed by atoms with Gasteiger partial charge in [0.05, 0.1) is 17.1 Å². The van der Waals surface area contributed by atoms with Gasteiger partial charge in [-0.3, -0.25) is 10.1 Å². The van der Waals surface area contributed by atoms with Gasteiger partial charge in [0.1, 0.15) is 23.3 Å². The predicted octanol–water partition coefficient (Wildman–Crippen LogP) is 6.23. The van der Waals surface area contributed by atoms with Crippen LogP contribution in [0.3, 0.4) is 0 Å². The van der Waals surface area contributed by atoms with Crippen molar-refractivity contribution in [1.29, 1.82) is 0 Å². The van der Waals surface area contributed by atoms with E-state index in [1.807, 2.05) is 26.8 Å². The maximum Gasteiger partial charge on any atom is 0.324 e. The molecule has 0 saturated heterocycles. The first-order valence-corrected chi connectivity index (χ1v) is 12.4. The molecule has 0 aliphatic carbocycles. The summed E-state index contributed by atoms with van der Waals surface area (Å²) in [6.07, 6.45) is 2.78. The Balaban J connectivity index is 1.44. The van der Waals surface area contributed by atoms with Crippen LogP contribution in [0.15, 0.2) is 66.9 Å². The van der Waals surface area contributed by atoms with E-state index < -0.39 is 11.8 Å². The highest BCUT2D eigenvalue weighted by molar-refractivity contribution is 5.99. The number of aromatic nitrogens is 3. The fraction of sp³-hybridized carbons (Fsp3) is 0.241. The Morgan fingerprint density at radius 2 is 1.56 bits per heavy atom. The van der Waals surface area contributed by atoms with E-state index in [-0.39, 0.29) is 22.8 Å². The van der Waals surface area contributed by atoms with Crippen molar-refractivity contribution in [3.63, 3.8) is 0 Å². The lowest BCUT2D eigenvalue weighted by Gasteiger charge is -2.14. The molecule has 0 fully saturated rings. The van der Waals surface area contributed by atoms with Crippen LogP contribution in [0.1, 0.15) is 44.5 Å². The van der Waals surface area contributed by atoms with Crippen molar-refractivity contribution in [2.75, 3.05) is 16.0 Å². The number of anilines is 3. The summed E-state index contributed by atoms with van der Waals surface area (Å²) in [7, 11) is 0. The molecule has 0 atom stereocenters. The number of pyridine rings is 1. The molecule has 3 amide bonds. The Labute approximate surface area is 225 Å². The number of halogens is 2. The van der Waals surface area contributed by atoms with Crippen molar-refractivity contribution >= 4 is 29.3 Å². The summed E-state index contributed by atoms with van der Waals surface area (Å²) in [5.41, 5.74) is 2.70. The smallest absolute Gasteiger partial charge is 0.311 e. The van der Waals surface area contributed by atoms with Crippen LogP contribution in [-0.4, -0.2) is 26.7 Å². The molecule has 0 radical (unpaired) electrons. The molecule has 202 valence electrons. The fourth-order valence-corrected chi connectivity index (χ4v) is 3.87. The average molecular weight is 533 g/mol. The van der Waals surface area contributed by atoms with E-state index in [1.54, 1.807) is 36.5 Å². The van der Waals surface area contributed by atoms with Crippen LogP contribution in [0.25, 0.3) is 5.69 Å². The van der Waals surface area contributed by atoms with Gasteiger partial charge < -0.3 is 10.6 Å². The fourth-order valence-electron chi connectivity index (χ4n) is 3.87. The van der Waals surface area contributed by atoms with Crippen molar-refractivity contribution in [2.24, 2.45) is 0 Å². The number of urea groups is 1. The molecule has 0 spiro atoms. The van der Waals surface area contributed by atoms with E-state index >= 15 is 0 Å². The highest BCUT2D eigenvalue weighted by Gasteiger charge is 2.22. The minimum Gasteiger partial charge on any atom is -0.311 e. The SMILES string of the molecule is CC(=O)Nc1cc(CCc2ccc(NC(=O)Nc3cc(C(C)(C)C)nn3-c3ccc(F)cc3)c(F)c2)ccn1. The molecule has 0 unspecified atom stereocenters. The van der Waals surface area contributed by atoms with E-state index in [2.05, 4.69) is 26.0 Å². The van der Waals surface area contributed by atoms with Gasteiger partial charge in [0.2, 0.25) is 5.91 Å². The maximum absolute atomic E-state index is 14.9. The molecule has 0 bridgehead atoms. The van der Waals surface area contributed by atoms with Crippen LogP contribution in [0.2, 0.25) is 0 Å². The summed E-state index contributed by atoms with van der Waals surface area (Å²) in [4.78, 5) is 28.1. The van der Waals surface area contributed by atoms with Crippen LogP contribution >= 0.6 is 0 Å². The number of carbonyl (C=O) groups is 2. The van der Waals surface area contributed by atoms with Gasteiger partial charge in [-0.2, -0.15) is 5.10 Å². The number of amides is 3. The first-order valence-electron chi connectivity index (χ1n) is 12.4. The van der Waals surface area contributed by atoms with Crippen molar-refractivity contribution in [3.8, 4) is 5.69 Å². The number of hydrogen-bond acceptors (Lipinski definition) is 4. The van der Waals surface area contributed by atoms with Gasteiger partial charge in [-0.15, -0.1) is 0 Å². The third-order valence-electron chi connectivity index (χ3n) is 5.90. The number of carbonyl (C=O) groups excluding carboxylic acids is 2. The largest absolute Gasteiger partial charge is 0.324 e. The van der Waals surface area contributed by atoms with E-state index in [1.165, 1.54) is 35.9 Å². The monoisotopic (exact) mass is 532 g/mol. The molecular formula is C29H30F2N6O2. The minimum atomic E-state index is -0.646. The molecule has 0 aliphatic rings. The Kier molecular flexibility index (Phi) is 8.04. The van der Waals surface area contributed by atoms with Gasteiger partial charge >= 0.3 is 6.03 Å². The summed E-state index contributed by atoms with van der Waals surface area (Å²) in [5.74, 6) is -0.338. The van der Waals surface area contributed by atoms with Crippen LogP contribution < -0.4 is 16.0 Å². The van der Waals surface area contributed by atoms with Gasteiger partial charge in [0.15, 0.2) is 0 Å². The van der Waals surface area contributed by atoms with Crippen molar-refractivity contribution in [2.45, 2.75) is 46.0 Å². The quantitative estimate of drug-likeness (QED) is 0.263. The summed E-state index contributed by atoms with van der Waals surface area (Å²) >= 11 is 0. The Hall–Kier alpha value is -4.60. The summed E-state index contributed by atoms with van der Waals surface area (Å²) < 4.78 is 29.8. The Bertz CT molecular complexity index is 1490. The second-order valence-corrected chi connectivity index (χ2v) is 10.2. The van der Waals surface area contributed by atoms with E-state index in [0.29, 0.717) is 30.2 Å². The van der Waals surface area contributed by atoms with Gasteiger partial charge in [0, 0.05) is 24.6 Å². The molecule has 10 heteroatoms. The lowest BCUT2D eigenvalue weighted by atomic mass is 9.92. The van der Waals surface area contributed by atoms with E-state index in [9.17, 15) is 18.4 Å². The van der Waals surface area contributed by atoms with Crippen molar-refractivity contribution in [3.05, 3.63) is 95.3 Å². The number of nitrogens with one attached hydrogen (secondary N) is 3. The molecule has 4 rings (SSSR count). The van der Waals surface area contributed by atoms with Crippen molar-refractivity contribution < 1.29 is 18.4 Å². The van der Waals surface area contributed by atoms with Crippen molar-refractivity contribution in [1.82, 2.24) is 14.8 Å². The minimum absolute atomic E-state index is 0.0250. The second kappa shape index (κ2) is 11.4. The normalized spacial score (nSPS) is 11.2. The molecule has 8 nitrogen and oxygen atoms in total. The average Bonchev–Trinajstić information content (AvgIpc) is 3.29. The third kappa shape index (κ3) is 7.25. The second-order valence-electron chi connectivity index (χ2n) is 10.2. The van der Waals surface area contributed by atoms with Gasteiger partial charge in [-0.05, 0) is 72.5 Å². The Morgan fingerprint density at radius 1 is 0.872 bits per heavy atom. The Morgan fingerprint density at radius 3 is 2.21 bits per heavy atom. The van der Waals surface area contributed by atoms with Crippen LogP contribution in [0.5, 0.6) is 0 Å². The maximum atomic E-state index is 14.9. The number of rotatable bonds is 7. The predicted molar refractivity (Wildman–Crippen MR) is 147 cm³/mol. The van der Waals surface area contributed by atoms with Crippen LogP contribution in [-0.2, 0) is 23.1 Å². The lowest BCUT2D eigenvalue weighted by Crippen LogP contribution is -2.22. The summed E-state index contributed by atoms with van der Waals surface area (Å²) in [5, 5.41) is 12.5. The zero-order valence-corrected chi connectivity index (χ0v) is 22.2. The van der Waals surface area contributed by atoms with Crippen LogP contribution in [0, 0.1) is 11.6 Å². The summed E-state index contributed by atoms with van der Waals surface area (Å²) in [6.45, 7) is 7.38. The highest BCUT2D eigenvalue weighted by atomic mass is 19.1. The molecule has 2 aromatic heterocycles. The number of benzene rings is 2. The highest BCUT2D eigenvalue weighted by Crippen LogP contribution is 2.27. The first kappa shape index (κ1) is 27.4. The van der Waals surface area contributed by atoms with E-state index in [4.69, 9.17) is 0 Å². The number of nitrogens with zero attached hydrogens (tertiary/aromatic N) is 3. The molecule has 39 heavy (non-hydrogen) atoms. The topological polar surface area (TPSA) is 101 Å². The lowest BCUT2D eigenvalue weighted by molar-refractivity contribution is -0.114. The standard InChI is InChI=1S/C29H30F2N6O2/c1-18(38)33-26-16-20(13-14-32-26)6-5-19-7-12-24(23(31)15-19)34-28(39)35-27-17-25(29(2,3)4)36-37(27)22-10-8-21(30)9-11-22/h7-17H,5-6H2,1-4H3,(H,32,33,38)(H2,34,35,39). The zero-order valence-electron chi connectivity index (χ0n) is 22.2. The van der Waals surface area contributed by atoms with Gasteiger partial charge in [-0.1, -0.05) is 26.8 Å². The number of aryl methyl sites for hydroxylation is 2. The molecule has 4 aromatic rings. The molecular weight excluding hydrogens is 502 g/mol. The number of hydrogen-bond donors (Lipinski definition) is 3. The zero-order chi connectivity index (χ0) is 28.2. The van der Waals surface area contributed by atoms with Gasteiger partial charge in [-0.25, -0.2) is 23.2 Å². The first-order chi connectivity index (χ1) is 18.5. The molecule has 0 aliphatic heterocycles. The van der Waals surface area contributed by atoms with Crippen LogP contribution in [0.4, 0.5) is 30.9 Å². The van der Waals surface area contributed by atoms with E-state index in [0.717, 1.165) is 16.8 Å². The third-order valence-corrected chi connectivity index (χ3v) is 5.90. The molecule has 2 heterocycles. The summed E-state index contributed by atoms with van der Waals surface area (Å²) in [6, 6.07) is 15.1. The molecule has 0 saturated carbocycles. The van der Waals surface area contributed by atoms with Gasteiger partial charge in [0.25, 0.3) is 0 Å².